The maximum Gasteiger partial charge on any atom is 0.264 e. The number of nitrogens with zero attached hydrogens (tertiary/aromatic N) is 2. The number of benzene rings is 3. The van der Waals surface area contributed by atoms with Crippen LogP contribution in [0.25, 0.3) is 0 Å². The fourth-order valence-corrected chi connectivity index (χ4v) is 6.34. The normalized spacial score (nSPS) is 12.0. The van der Waals surface area contributed by atoms with Crippen molar-refractivity contribution in [2.24, 2.45) is 0 Å². The molecule has 0 radical (unpaired) electrons. The van der Waals surface area contributed by atoms with Crippen molar-refractivity contribution in [1.29, 1.82) is 0 Å². The Balaban J connectivity index is 2.01. The summed E-state index contributed by atoms with van der Waals surface area (Å²) in [4.78, 5) is 28.4. The molecular weight excluding hydrogens is 630 g/mol. The van der Waals surface area contributed by atoms with Crippen LogP contribution in [-0.4, -0.2) is 51.4 Å². The van der Waals surface area contributed by atoms with Gasteiger partial charge >= 0.3 is 0 Å². The number of amides is 2. The van der Waals surface area contributed by atoms with Gasteiger partial charge in [-0.25, -0.2) is 8.42 Å². The summed E-state index contributed by atoms with van der Waals surface area (Å²) in [6, 6.07) is 17.4. The van der Waals surface area contributed by atoms with E-state index in [2.05, 4.69) is 21.2 Å². The van der Waals surface area contributed by atoms with E-state index < -0.39 is 28.5 Å². The summed E-state index contributed by atoms with van der Waals surface area (Å²) in [5, 5.41) is 3.42. The molecule has 3 aromatic rings. The molecule has 1 atom stereocenters. The zero-order chi connectivity index (χ0) is 30.2. The van der Waals surface area contributed by atoms with Gasteiger partial charge in [-0.3, -0.25) is 13.9 Å². The van der Waals surface area contributed by atoms with E-state index in [1.807, 2.05) is 13.8 Å². The van der Waals surface area contributed by atoms with Crippen molar-refractivity contribution in [3.8, 4) is 5.75 Å². The predicted molar refractivity (Wildman–Crippen MR) is 166 cm³/mol. The first-order valence-corrected chi connectivity index (χ1v) is 15.8. The number of rotatable bonds is 13. The molecule has 1 unspecified atom stereocenters. The lowest BCUT2D eigenvalue weighted by Gasteiger charge is -2.32. The van der Waals surface area contributed by atoms with E-state index >= 15 is 0 Å². The molecule has 0 aliphatic heterocycles. The number of nitrogens with one attached hydrogen (secondary N) is 1. The molecular formula is C30H35BrClN3O5S. The van der Waals surface area contributed by atoms with E-state index in [0.717, 1.165) is 28.3 Å². The average molecular weight is 665 g/mol. The largest absolute Gasteiger partial charge is 0.496 e. The van der Waals surface area contributed by atoms with Crippen LogP contribution in [0.15, 0.2) is 76.1 Å². The number of carbonyl (C=O) groups is 2. The first-order chi connectivity index (χ1) is 19.5. The molecule has 3 rings (SSSR count). The van der Waals surface area contributed by atoms with Crippen molar-refractivity contribution in [3.05, 3.63) is 87.4 Å². The molecule has 0 spiro atoms. The van der Waals surface area contributed by atoms with Crippen LogP contribution in [-0.2, 0) is 26.2 Å². The van der Waals surface area contributed by atoms with Crippen molar-refractivity contribution in [1.82, 2.24) is 10.2 Å². The molecule has 0 saturated heterocycles. The maximum absolute atomic E-state index is 14.0. The Morgan fingerprint density at radius 1 is 1.05 bits per heavy atom. The summed E-state index contributed by atoms with van der Waals surface area (Å²) < 4.78 is 34.8. The fraction of sp³-hybridized carbons (Fsp3) is 0.333. The Labute approximate surface area is 255 Å². The molecule has 41 heavy (non-hydrogen) atoms. The van der Waals surface area contributed by atoms with E-state index in [0.29, 0.717) is 27.5 Å². The second kappa shape index (κ2) is 14.7. The highest BCUT2D eigenvalue weighted by Crippen LogP contribution is 2.31. The van der Waals surface area contributed by atoms with Crippen molar-refractivity contribution in [3.63, 3.8) is 0 Å². The molecule has 0 bridgehead atoms. The van der Waals surface area contributed by atoms with Crippen LogP contribution < -0.4 is 14.4 Å². The highest BCUT2D eigenvalue weighted by molar-refractivity contribution is 9.10. The number of aryl methyl sites for hydroxylation is 1. The zero-order valence-corrected chi connectivity index (χ0v) is 26.7. The SMILES string of the molecule is CCCCNC(=O)C(C)N(Cc1ccc(Cl)cc1)C(=O)CN(c1ccc(C)cc1)S(=O)(=O)c1ccc(OC)c(Br)c1. The highest BCUT2D eigenvalue weighted by atomic mass is 79.9. The van der Waals surface area contributed by atoms with Gasteiger partial charge in [-0.05, 0) is 84.2 Å². The minimum atomic E-state index is -4.20. The Morgan fingerprint density at radius 2 is 1.71 bits per heavy atom. The van der Waals surface area contributed by atoms with Crippen LogP contribution in [0.2, 0.25) is 5.02 Å². The number of hydrogen-bond donors (Lipinski definition) is 1. The van der Waals surface area contributed by atoms with E-state index in [9.17, 15) is 18.0 Å². The summed E-state index contributed by atoms with van der Waals surface area (Å²) in [5.74, 6) is -0.377. The fourth-order valence-electron chi connectivity index (χ4n) is 4.08. The Bertz CT molecular complexity index is 1450. The molecule has 0 saturated carbocycles. The molecule has 2 amide bonds. The number of methoxy groups -OCH3 is 1. The van der Waals surface area contributed by atoms with Crippen molar-refractivity contribution in [2.45, 2.75) is 51.1 Å². The van der Waals surface area contributed by atoms with Crippen LogP contribution in [0.3, 0.4) is 0 Å². The number of anilines is 1. The van der Waals surface area contributed by atoms with Gasteiger partial charge in [-0.2, -0.15) is 0 Å². The van der Waals surface area contributed by atoms with Crippen LogP contribution in [0.4, 0.5) is 5.69 Å². The summed E-state index contributed by atoms with van der Waals surface area (Å²) in [6.07, 6.45) is 1.72. The van der Waals surface area contributed by atoms with E-state index in [-0.39, 0.29) is 17.3 Å². The molecule has 0 aliphatic carbocycles. The van der Waals surface area contributed by atoms with Crippen LogP contribution in [0.5, 0.6) is 5.75 Å². The summed E-state index contributed by atoms with van der Waals surface area (Å²) >= 11 is 9.41. The zero-order valence-electron chi connectivity index (χ0n) is 23.6. The monoisotopic (exact) mass is 663 g/mol. The van der Waals surface area contributed by atoms with Gasteiger partial charge in [0.2, 0.25) is 11.8 Å². The van der Waals surface area contributed by atoms with Crippen molar-refractivity contribution < 1.29 is 22.7 Å². The third-order valence-electron chi connectivity index (χ3n) is 6.58. The summed E-state index contributed by atoms with van der Waals surface area (Å²) in [7, 11) is -2.72. The van der Waals surface area contributed by atoms with Gasteiger partial charge in [0.1, 0.15) is 18.3 Å². The van der Waals surface area contributed by atoms with Crippen LogP contribution in [0, 0.1) is 6.92 Å². The number of sulfonamides is 1. The van der Waals surface area contributed by atoms with Gasteiger partial charge in [-0.1, -0.05) is 54.8 Å². The van der Waals surface area contributed by atoms with E-state index in [1.165, 1.54) is 24.1 Å². The summed E-state index contributed by atoms with van der Waals surface area (Å²) in [5.41, 5.74) is 2.01. The third kappa shape index (κ3) is 8.47. The number of hydrogen-bond acceptors (Lipinski definition) is 5. The highest BCUT2D eigenvalue weighted by Gasteiger charge is 2.32. The molecule has 0 fully saturated rings. The standard InChI is InChI=1S/C30H35BrClN3O5S/c1-5-6-17-33-30(37)22(3)34(19-23-9-11-24(32)12-10-23)29(36)20-35(25-13-7-21(2)8-14-25)41(38,39)26-15-16-28(40-4)27(31)18-26/h7-16,18,22H,5-6,17,19-20H2,1-4H3,(H,33,37). The van der Waals surface area contributed by atoms with Gasteiger partial charge in [0.15, 0.2) is 0 Å². The van der Waals surface area contributed by atoms with Gasteiger partial charge in [-0.15, -0.1) is 0 Å². The molecule has 1 N–H and O–H groups in total. The third-order valence-corrected chi connectivity index (χ3v) is 9.22. The van der Waals surface area contributed by atoms with Gasteiger partial charge in [0, 0.05) is 18.1 Å². The first kappa shape index (κ1) is 32.4. The molecule has 8 nitrogen and oxygen atoms in total. The number of unbranched alkanes of at least 4 members (excludes halogenated alkanes) is 1. The lowest BCUT2D eigenvalue weighted by atomic mass is 10.1. The molecule has 0 heterocycles. The smallest absolute Gasteiger partial charge is 0.264 e. The molecule has 220 valence electrons. The lowest BCUT2D eigenvalue weighted by Crippen LogP contribution is -2.51. The number of halogens is 2. The molecule has 11 heteroatoms. The van der Waals surface area contributed by atoms with Crippen molar-refractivity contribution in [2.75, 3.05) is 24.5 Å². The summed E-state index contributed by atoms with van der Waals surface area (Å²) in [6.45, 7) is 5.61. The molecule has 0 aromatic heterocycles. The Hall–Kier alpha value is -3.08. The molecule has 0 aliphatic rings. The second-order valence-corrected chi connectivity index (χ2v) is 12.8. The van der Waals surface area contributed by atoms with Gasteiger partial charge < -0.3 is 15.0 Å². The van der Waals surface area contributed by atoms with Crippen molar-refractivity contribution >= 4 is 55.1 Å². The quantitative estimate of drug-likeness (QED) is 0.228. The van der Waals surface area contributed by atoms with E-state index in [1.54, 1.807) is 61.5 Å². The van der Waals surface area contributed by atoms with Crippen LogP contribution >= 0.6 is 27.5 Å². The average Bonchev–Trinajstić information content (AvgIpc) is 2.95. The minimum Gasteiger partial charge on any atom is -0.496 e. The predicted octanol–water partition coefficient (Wildman–Crippen LogP) is 5.95. The Morgan fingerprint density at radius 3 is 2.29 bits per heavy atom. The van der Waals surface area contributed by atoms with E-state index in [4.69, 9.17) is 16.3 Å². The van der Waals surface area contributed by atoms with Gasteiger partial charge in [0.05, 0.1) is 22.2 Å². The maximum atomic E-state index is 14.0. The molecule has 3 aromatic carbocycles. The first-order valence-electron chi connectivity index (χ1n) is 13.2. The van der Waals surface area contributed by atoms with Crippen LogP contribution in [0.1, 0.15) is 37.8 Å². The number of carbonyl (C=O) groups excluding carboxylic acids is 2. The Kier molecular flexibility index (Phi) is 11.6. The minimum absolute atomic E-state index is 0.0202. The number of ether oxygens (including phenoxy) is 1. The second-order valence-electron chi connectivity index (χ2n) is 9.61. The van der Waals surface area contributed by atoms with Gasteiger partial charge in [0.25, 0.3) is 10.0 Å². The lowest BCUT2D eigenvalue weighted by molar-refractivity contribution is -0.139. The topological polar surface area (TPSA) is 96.0 Å².